The molecule has 2 N–H and O–H groups in total. The van der Waals surface area contributed by atoms with E-state index in [0.29, 0.717) is 0 Å². The van der Waals surface area contributed by atoms with Gasteiger partial charge in [-0.2, -0.15) is 0 Å². The average Bonchev–Trinajstić information content (AvgIpc) is 2.89. The number of hydrogen-bond donors (Lipinski definition) is 2. The molecule has 1 aromatic heterocycles. The van der Waals surface area contributed by atoms with E-state index in [2.05, 4.69) is 20.5 Å². The van der Waals surface area contributed by atoms with Crippen LogP contribution in [0.4, 0.5) is 0 Å². The van der Waals surface area contributed by atoms with Crippen molar-refractivity contribution < 1.29 is 4.79 Å². The molecule has 0 saturated carbocycles. The van der Waals surface area contributed by atoms with Gasteiger partial charge in [-0.1, -0.05) is 43.7 Å². The molecule has 5 heteroatoms. The molecule has 0 aliphatic rings. The molecule has 1 atom stereocenters. The summed E-state index contributed by atoms with van der Waals surface area (Å²) in [6, 6.07) is 8.00. The molecule has 5 nitrogen and oxygen atoms in total. The maximum atomic E-state index is 12.1. The molecule has 20 heavy (non-hydrogen) atoms. The number of aryl methyl sites for hydroxylation is 1. The Bertz CT molecular complexity index is 586. The smallest absolute Gasteiger partial charge is 0.291 e. The molecule has 0 bridgehead atoms. The summed E-state index contributed by atoms with van der Waals surface area (Å²) < 4.78 is 0. The first kappa shape index (κ1) is 14.2. The van der Waals surface area contributed by atoms with Crippen LogP contribution in [0.2, 0.25) is 0 Å². The number of carbonyl (C=O) groups is 1. The van der Waals surface area contributed by atoms with Gasteiger partial charge in [0, 0.05) is 5.92 Å². The second kappa shape index (κ2) is 5.86. The van der Waals surface area contributed by atoms with E-state index in [9.17, 15) is 4.79 Å². The zero-order valence-corrected chi connectivity index (χ0v) is 12.3. The van der Waals surface area contributed by atoms with Gasteiger partial charge in [-0.3, -0.25) is 9.89 Å². The zero-order valence-electron chi connectivity index (χ0n) is 12.3. The molecular weight excluding hydrogens is 252 g/mol. The minimum atomic E-state index is -0.263. The second-order valence-electron chi connectivity index (χ2n) is 5.30. The van der Waals surface area contributed by atoms with Crippen LogP contribution in [-0.4, -0.2) is 21.1 Å². The molecule has 0 fully saturated rings. The van der Waals surface area contributed by atoms with Crippen molar-refractivity contribution >= 4 is 5.91 Å². The van der Waals surface area contributed by atoms with Crippen LogP contribution >= 0.6 is 0 Å². The zero-order chi connectivity index (χ0) is 14.7. The van der Waals surface area contributed by atoms with Gasteiger partial charge >= 0.3 is 0 Å². The molecule has 2 rings (SSSR count). The highest BCUT2D eigenvalue weighted by Crippen LogP contribution is 2.14. The lowest BCUT2D eigenvalue weighted by molar-refractivity contribution is 0.0929. The number of nitrogens with one attached hydrogen (secondary N) is 2. The first-order valence-electron chi connectivity index (χ1n) is 6.77. The Morgan fingerprint density at radius 2 is 1.85 bits per heavy atom. The van der Waals surface area contributed by atoms with Crippen LogP contribution in [0.3, 0.4) is 0 Å². The fraction of sp³-hybridized carbons (Fsp3) is 0.400. The number of aromatic amines is 1. The summed E-state index contributed by atoms with van der Waals surface area (Å²) >= 11 is 0. The van der Waals surface area contributed by atoms with E-state index in [0.717, 1.165) is 11.4 Å². The number of H-pyrrole nitrogens is 1. The molecule has 0 saturated heterocycles. The molecule has 106 valence electrons. The van der Waals surface area contributed by atoms with Gasteiger partial charge in [0.15, 0.2) is 0 Å². The number of aromatic nitrogens is 3. The van der Waals surface area contributed by atoms with E-state index in [4.69, 9.17) is 0 Å². The Morgan fingerprint density at radius 1 is 1.20 bits per heavy atom. The van der Waals surface area contributed by atoms with E-state index in [-0.39, 0.29) is 23.7 Å². The summed E-state index contributed by atoms with van der Waals surface area (Å²) in [6.07, 6.45) is 0. The average molecular weight is 272 g/mol. The molecule has 0 aliphatic heterocycles. The van der Waals surface area contributed by atoms with Crippen LogP contribution in [-0.2, 0) is 0 Å². The minimum Gasteiger partial charge on any atom is -0.343 e. The van der Waals surface area contributed by atoms with Gasteiger partial charge in [-0.15, -0.1) is 5.10 Å². The molecule has 0 aliphatic carbocycles. The fourth-order valence-corrected chi connectivity index (χ4v) is 1.83. The number of hydrogen-bond acceptors (Lipinski definition) is 3. The van der Waals surface area contributed by atoms with Crippen LogP contribution in [0.15, 0.2) is 24.3 Å². The molecule has 2 aromatic rings. The van der Waals surface area contributed by atoms with Gasteiger partial charge in [-0.25, -0.2) is 4.98 Å². The molecule has 1 heterocycles. The summed E-state index contributed by atoms with van der Waals surface area (Å²) in [5.41, 5.74) is 2.26. The minimum absolute atomic E-state index is 0.0795. The van der Waals surface area contributed by atoms with E-state index in [1.807, 2.05) is 52.0 Å². The molecule has 1 unspecified atom stereocenters. The lowest BCUT2D eigenvalue weighted by Gasteiger charge is -2.13. The summed E-state index contributed by atoms with van der Waals surface area (Å²) in [6.45, 7) is 7.97. The van der Waals surface area contributed by atoms with Crippen molar-refractivity contribution in [1.29, 1.82) is 0 Å². The van der Waals surface area contributed by atoms with Crippen LogP contribution in [0.25, 0.3) is 0 Å². The number of rotatable bonds is 4. The Kier molecular flexibility index (Phi) is 4.17. The highest BCUT2D eigenvalue weighted by Gasteiger charge is 2.16. The summed E-state index contributed by atoms with van der Waals surface area (Å²) in [5, 5.41) is 9.63. The van der Waals surface area contributed by atoms with Gasteiger partial charge in [-0.05, 0) is 19.4 Å². The third-order valence-corrected chi connectivity index (χ3v) is 3.18. The van der Waals surface area contributed by atoms with Gasteiger partial charge in [0.1, 0.15) is 5.82 Å². The van der Waals surface area contributed by atoms with Crippen molar-refractivity contribution in [3.05, 3.63) is 47.0 Å². The topological polar surface area (TPSA) is 70.7 Å². The van der Waals surface area contributed by atoms with Crippen LogP contribution in [0.5, 0.6) is 0 Å². The third-order valence-electron chi connectivity index (χ3n) is 3.18. The first-order valence-corrected chi connectivity index (χ1v) is 6.77. The largest absolute Gasteiger partial charge is 0.343 e. The Labute approximate surface area is 118 Å². The van der Waals surface area contributed by atoms with Crippen LogP contribution in [0.1, 0.15) is 60.3 Å². The van der Waals surface area contributed by atoms with E-state index < -0.39 is 0 Å². The number of nitrogens with zero attached hydrogens (tertiary/aromatic N) is 2. The Hall–Kier alpha value is -2.17. The highest BCUT2D eigenvalue weighted by atomic mass is 16.2. The lowest BCUT2D eigenvalue weighted by atomic mass is 10.1. The van der Waals surface area contributed by atoms with Crippen molar-refractivity contribution in [2.75, 3.05) is 0 Å². The predicted octanol–water partition coefficient (Wildman–Crippen LogP) is 2.73. The quantitative estimate of drug-likeness (QED) is 0.899. The first-order chi connectivity index (χ1) is 9.47. The Balaban J connectivity index is 2.04. The van der Waals surface area contributed by atoms with Crippen molar-refractivity contribution in [2.24, 2.45) is 0 Å². The highest BCUT2D eigenvalue weighted by molar-refractivity contribution is 5.90. The summed E-state index contributed by atoms with van der Waals surface area (Å²) in [5.74, 6) is 0.866. The van der Waals surface area contributed by atoms with Crippen molar-refractivity contribution in [3.63, 3.8) is 0 Å². The van der Waals surface area contributed by atoms with Crippen molar-refractivity contribution in [3.8, 4) is 0 Å². The summed E-state index contributed by atoms with van der Waals surface area (Å²) in [4.78, 5) is 16.3. The van der Waals surface area contributed by atoms with Crippen LogP contribution in [0, 0.1) is 6.92 Å². The maximum absolute atomic E-state index is 12.1. The number of amides is 1. The van der Waals surface area contributed by atoms with Gasteiger partial charge in [0.2, 0.25) is 5.82 Å². The maximum Gasteiger partial charge on any atom is 0.291 e. The van der Waals surface area contributed by atoms with E-state index in [1.165, 1.54) is 5.56 Å². The van der Waals surface area contributed by atoms with E-state index >= 15 is 0 Å². The standard InChI is InChI=1S/C15H20N4O/c1-9(2)13-17-14(19-18-13)15(20)16-11(4)12-7-5-10(3)6-8-12/h5-9,11H,1-4H3,(H,16,20)(H,17,18,19). The second-order valence-corrected chi connectivity index (χ2v) is 5.30. The van der Waals surface area contributed by atoms with Gasteiger partial charge in [0.05, 0.1) is 6.04 Å². The Morgan fingerprint density at radius 3 is 2.40 bits per heavy atom. The summed E-state index contributed by atoms with van der Waals surface area (Å²) in [7, 11) is 0. The van der Waals surface area contributed by atoms with Crippen LogP contribution < -0.4 is 5.32 Å². The number of carbonyl (C=O) groups excluding carboxylic acids is 1. The number of benzene rings is 1. The van der Waals surface area contributed by atoms with E-state index in [1.54, 1.807) is 0 Å². The lowest BCUT2D eigenvalue weighted by Crippen LogP contribution is -2.27. The van der Waals surface area contributed by atoms with Crippen molar-refractivity contribution in [1.82, 2.24) is 20.5 Å². The van der Waals surface area contributed by atoms with Crippen molar-refractivity contribution in [2.45, 2.75) is 39.7 Å². The third kappa shape index (κ3) is 3.23. The monoisotopic (exact) mass is 272 g/mol. The normalized spacial score (nSPS) is 12.4. The molecule has 1 amide bonds. The fourth-order valence-electron chi connectivity index (χ4n) is 1.83. The molecular formula is C15H20N4O. The molecule has 1 aromatic carbocycles. The van der Waals surface area contributed by atoms with Gasteiger partial charge < -0.3 is 5.32 Å². The molecule has 0 radical (unpaired) electrons. The molecule has 0 spiro atoms. The SMILES string of the molecule is Cc1ccc(C(C)NC(=O)c2n[nH]c(C(C)C)n2)cc1. The van der Waals surface area contributed by atoms with Gasteiger partial charge in [0.25, 0.3) is 5.91 Å². The predicted molar refractivity (Wildman–Crippen MR) is 77.5 cm³/mol.